The highest BCUT2D eigenvalue weighted by Crippen LogP contribution is 2.30. The Balaban J connectivity index is 1.90. The molecule has 0 saturated heterocycles. The van der Waals surface area contributed by atoms with Crippen molar-refractivity contribution in [2.75, 3.05) is 19.0 Å². The number of hydrogen-bond acceptors (Lipinski definition) is 5. The predicted molar refractivity (Wildman–Crippen MR) is 97.5 cm³/mol. The van der Waals surface area contributed by atoms with E-state index in [2.05, 4.69) is 17.4 Å². The Morgan fingerprint density at radius 2 is 1.96 bits per heavy atom. The minimum absolute atomic E-state index is 0.350. The number of amides is 1. The maximum atomic E-state index is 12.8. The minimum Gasteiger partial charge on any atom is -0.493 e. The second-order valence-electron chi connectivity index (χ2n) is 5.36. The topological polar surface area (TPSA) is 69.2 Å². The summed E-state index contributed by atoms with van der Waals surface area (Å²) in [5.41, 5.74) is 1.08. The van der Waals surface area contributed by atoms with E-state index in [1.54, 1.807) is 18.2 Å². The van der Waals surface area contributed by atoms with Crippen molar-refractivity contribution >= 4 is 18.0 Å². The van der Waals surface area contributed by atoms with Crippen molar-refractivity contribution in [1.29, 1.82) is 0 Å². The number of nitrogens with zero attached hydrogens (tertiary/aromatic N) is 1. The maximum Gasteiger partial charge on any atom is 0.437 e. The number of unbranched alkanes of at least 4 members (excludes halogenated alkanes) is 1. The molecule has 138 valence electrons. The zero-order valence-electron chi connectivity index (χ0n) is 14.7. The van der Waals surface area contributed by atoms with Gasteiger partial charge >= 0.3 is 6.09 Å². The van der Waals surface area contributed by atoms with Crippen LogP contribution in [0.5, 0.6) is 11.5 Å². The molecule has 2 aromatic rings. The number of hydrogen-bond donors (Lipinski definition) is 1. The fourth-order valence-electron chi connectivity index (χ4n) is 2.02. The van der Waals surface area contributed by atoms with E-state index in [1.807, 2.05) is 0 Å². The number of anilines is 1. The quantitative estimate of drug-likeness (QED) is 0.323. The number of carbonyl (C=O) groups excluding carboxylic acids is 1. The first-order valence-corrected chi connectivity index (χ1v) is 8.20. The van der Waals surface area contributed by atoms with Crippen LogP contribution in [0.15, 0.2) is 47.6 Å². The van der Waals surface area contributed by atoms with Gasteiger partial charge in [-0.2, -0.15) is 0 Å². The van der Waals surface area contributed by atoms with Crippen molar-refractivity contribution in [3.8, 4) is 11.5 Å². The number of nitrogens with one attached hydrogen (secondary N) is 1. The molecule has 26 heavy (non-hydrogen) atoms. The lowest BCUT2D eigenvalue weighted by Crippen LogP contribution is -2.11. The summed E-state index contributed by atoms with van der Waals surface area (Å²) in [4.78, 5) is 16.5. The summed E-state index contributed by atoms with van der Waals surface area (Å²) in [7, 11) is 1.52. The highest BCUT2D eigenvalue weighted by Gasteiger charge is 2.09. The third-order valence-corrected chi connectivity index (χ3v) is 3.37. The highest BCUT2D eigenvalue weighted by atomic mass is 19.1. The van der Waals surface area contributed by atoms with Crippen LogP contribution in [0.1, 0.15) is 25.3 Å². The number of rotatable bonds is 8. The maximum absolute atomic E-state index is 12.8. The van der Waals surface area contributed by atoms with Gasteiger partial charge in [-0.05, 0) is 36.2 Å². The zero-order valence-corrected chi connectivity index (χ0v) is 14.7. The summed E-state index contributed by atoms with van der Waals surface area (Å²) in [5, 5.41) is 6.10. The van der Waals surface area contributed by atoms with Gasteiger partial charge in [-0.25, -0.2) is 9.18 Å². The lowest BCUT2D eigenvalue weighted by Gasteiger charge is -2.12. The zero-order chi connectivity index (χ0) is 18.8. The number of carbonyl (C=O) groups is 1. The van der Waals surface area contributed by atoms with E-state index >= 15 is 0 Å². The van der Waals surface area contributed by atoms with Gasteiger partial charge in [-0.3, -0.25) is 10.2 Å². The van der Waals surface area contributed by atoms with Gasteiger partial charge < -0.3 is 9.47 Å². The second-order valence-corrected chi connectivity index (χ2v) is 5.36. The highest BCUT2D eigenvalue weighted by molar-refractivity contribution is 5.86. The van der Waals surface area contributed by atoms with Crippen LogP contribution >= 0.6 is 0 Å². The Morgan fingerprint density at radius 1 is 1.19 bits per heavy atom. The van der Waals surface area contributed by atoms with E-state index in [4.69, 9.17) is 14.3 Å². The van der Waals surface area contributed by atoms with E-state index in [1.165, 1.54) is 37.6 Å². The molecule has 0 atom stereocenters. The van der Waals surface area contributed by atoms with Crippen molar-refractivity contribution in [3.05, 3.63) is 53.8 Å². The SMILES string of the molecule is CCCCOc1ccc(NC(=O)ON=Cc2ccc(F)cc2)cc1OC. The van der Waals surface area contributed by atoms with Crippen LogP contribution in [0.2, 0.25) is 0 Å². The van der Waals surface area contributed by atoms with E-state index in [0.29, 0.717) is 29.4 Å². The molecule has 1 N–H and O–H groups in total. The van der Waals surface area contributed by atoms with Gasteiger partial charge in [0.2, 0.25) is 0 Å². The van der Waals surface area contributed by atoms with E-state index < -0.39 is 6.09 Å². The molecule has 0 aliphatic heterocycles. The van der Waals surface area contributed by atoms with E-state index in [9.17, 15) is 9.18 Å². The minimum atomic E-state index is -0.759. The third kappa shape index (κ3) is 6.08. The molecule has 6 nitrogen and oxygen atoms in total. The molecule has 0 radical (unpaired) electrons. The van der Waals surface area contributed by atoms with E-state index in [-0.39, 0.29) is 5.82 Å². The van der Waals surface area contributed by atoms with Crippen molar-refractivity contribution in [3.63, 3.8) is 0 Å². The monoisotopic (exact) mass is 360 g/mol. The molecule has 2 rings (SSSR count). The largest absolute Gasteiger partial charge is 0.493 e. The fourth-order valence-corrected chi connectivity index (χ4v) is 2.02. The molecule has 0 aliphatic carbocycles. The number of ether oxygens (including phenoxy) is 2. The van der Waals surface area contributed by atoms with Gasteiger partial charge in [0.15, 0.2) is 11.5 Å². The fraction of sp³-hybridized carbons (Fsp3) is 0.263. The van der Waals surface area contributed by atoms with Gasteiger partial charge in [0, 0.05) is 11.8 Å². The lowest BCUT2D eigenvalue weighted by atomic mass is 10.2. The first-order valence-electron chi connectivity index (χ1n) is 8.20. The molecular formula is C19H21FN2O4. The molecule has 7 heteroatoms. The van der Waals surface area contributed by atoms with E-state index in [0.717, 1.165) is 12.8 Å². The molecule has 0 saturated carbocycles. The van der Waals surface area contributed by atoms with Crippen LogP contribution in [0.4, 0.5) is 14.9 Å². The lowest BCUT2D eigenvalue weighted by molar-refractivity contribution is 0.167. The van der Waals surface area contributed by atoms with Gasteiger partial charge in [-0.1, -0.05) is 30.6 Å². The summed E-state index contributed by atoms with van der Waals surface area (Å²) >= 11 is 0. The van der Waals surface area contributed by atoms with Crippen LogP contribution in [0.3, 0.4) is 0 Å². The first-order chi connectivity index (χ1) is 12.6. The average Bonchev–Trinajstić information content (AvgIpc) is 2.64. The third-order valence-electron chi connectivity index (χ3n) is 3.37. The van der Waals surface area contributed by atoms with Gasteiger partial charge in [0.25, 0.3) is 0 Å². The van der Waals surface area contributed by atoms with Gasteiger partial charge in [0.1, 0.15) is 5.82 Å². The number of oxime groups is 1. The Labute approximate surface area is 151 Å². The number of methoxy groups -OCH3 is 1. The van der Waals surface area contributed by atoms with Crippen LogP contribution in [-0.2, 0) is 4.84 Å². The van der Waals surface area contributed by atoms with Gasteiger partial charge in [0.05, 0.1) is 19.9 Å². The van der Waals surface area contributed by atoms with Crippen molar-refractivity contribution in [1.82, 2.24) is 0 Å². The Hall–Kier alpha value is -3.09. The molecule has 0 heterocycles. The van der Waals surface area contributed by atoms with Crippen LogP contribution in [-0.4, -0.2) is 26.0 Å². The van der Waals surface area contributed by atoms with Crippen molar-refractivity contribution in [2.45, 2.75) is 19.8 Å². The van der Waals surface area contributed by atoms with Crippen molar-refractivity contribution in [2.24, 2.45) is 5.16 Å². The van der Waals surface area contributed by atoms with Crippen LogP contribution < -0.4 is 14.8 Å². The Morgan fingerprint density at radius 3 is 2.65 bits per heavy atom. The molecule has 0 bridgehead atoms. The normalized spacial score (nSPS) is 10.6. The molecule has 0 unspecified atom stereocenters. The Bertz CT molecular complexity index is 748. The van der Waals surface area contributed by atoms with Gasteiger partial charge in [-0.15, -0.1) is 0 Å². The summed E-state index contributed by atoms with van der Waals surface area (Å²) in [6.45, 7) is 2.68. The summed E-state index contributed by atoms with van der Waals surface area (Å²) in [6.07, 6.45) is 2.53. The average molecular weight is 360 g/mol. The standard InChI is InChI=1S/C19H21FN2O4/c1-3-4-11-25-17-10-9-16(12-18(17)24-2)22-19(23)26-21-13-14-5-7-15(20)8-6-14/h5-10,12-13H,3-4,11H2,1-2H3,(H,22,23). The molecule has 2 aromatic carbocycles. The predicted octanol–water partition coefficient (Wildman–Crippen LogP) is 4.60. The van der Waals surface area contributed by atoms with Crippen LogP contribution in [0, 0.1) is 5.82 Å². The summed E-state index contributed by atoms with van der Waals surface area (Å²) in [5.74, 6) is 0.764. The molecule has 0 aliphatic rings. The number of benzene rings is 2. The Kier molecular flexibility index (Phi) is 7.42. The number of halogens is 1. The smallest absolute Gasteiger partial charge is 0.437 e. The molecule has 0 aromatic heterocycles. The van der Waals surface area contributed by atoms with Crippen molar-refractivity contribution < 1.29 is 23.5 Å². The molecular weight excluding hydrogens is 339 g/mol. The molecule has 0 fully saturated rings. The molecule has 1 amide bonds. The first kappa shape index (κ1) is 19.2. The second kappa shape index (κ2) is 10.0. The summed E-state index contributed by atoms with van der Waals surface area (Å²) < 4.78 is 23.7. The van der Waals surface area contributed by atoms with Crippen LogP contribution in [0.25, 0.3) is 0 Å². The summed E-state index contributed by atoms with van der Waals surface area (Å²) in [6, 6.07) is 10.6. The molecule has 0 spiro atoms.